The van der Waals surface area contributed by atoms with E-state index in [-0.39, 0.29) is 17.5 Å². The summed E-state index contributed by atoms with van der Waals surface area (Å²) in [5.74, 6) is -3.44. The van der Waals surface area contributed by atoms with Crippen molar-refractivity contribution in [1.29, 1.82) is 0 Å². The zero-order valence-electron chi connectivity index (χ0n) is 20.4. The molecule has 3 aromatic rings. The minimum atomic E-state index is -1.56. The van der Waals surface area contributed by atoms with Crippen LogP contribution in [0.4, 0.5) is 25.0 Å². The van der Waals surface area contributed by atoms with E-state index in [0.29, 0.717) is 48.3 Å². The Labute approximate surface area is 213 Å². The number of anilines is 2. The van der Waals surface area contributed by atoms with Crippen molar-refractivity contribution in [3.63, 3.8) is 0 Å². The van der Waals surface area contributed by atoms with Gasteiger partial charge in [-0.1, -0.05) is 38.1 Å². The van der Waals surface area contributed by atoms with E-state index in [9.17, 15) is 23.2 Å². The van der Waals surface area contributed by atoms with Gasteiger partial charge in [0.05, 0.1) is 5.56 Å². The number of halogens is 2. The van der Waals surface area contributed by atoms with Crippen LogP contribution in [0.25, 0.3) is 11.1 Å². The number of carboxylic acid groups (broad SMARTS) is 1. The second kappa shape index (κ2) is 10.8. The van der Waals surface area contributed by atoms with E-state index in [0.717, 1.165) is 11.6 Å². The molecule has 0 radical (unpaired) electrons. The molecule has 0 spiro atoms. The van der Waals surface area contributed by atoms with Crippen LogP contribution in [0.3, 0.4) is 0 Å². The van der Waals surface area contributed by atoms with Gasteiger partial charge in [0, 0.05) is 23.5 Å². The van der Waals surface area contributed by atoms with Gasteiger partial charge in [0.2, 0.25) is 5.91 Å². The van der Waals surface area contributed by atoms with Crippen LogP contribution in [0.15, 0.2) is 60.7 Å². The van der Waals surface area contributed by atoms with Crippen molar-refractivity contribution in [2.24, 2.45) is 0 Å². The van der Waals surface area contributed by atoms with Crippen LogP contribution in [-0.2, 0) is 4.79 Å². The van der Waals surface area contributed by atoms with Crippen LogP contribution in [0.2, 0.25) is 0 Å². The maximum Gasteiger partial charge on any atom is 0.338 e. The summed E-state index contributed by atoms with van der Waals surface area (Å²) in [5.41, 5.74) is 1.71. The molecule has 0 aliphatic carbocycles. The number of carboxylic acids is 1. The van der Waals surface area contributed by atoms with Gasteiger partial charge in [-0.2, -0.15) is 0 Å². The molecule has 1 fully saturated rings. The Morgan fingerprint density at radius 1 is 0.919 bits per heavy atom. The van der Waals surface area contributed by atoms with Gasteiger partial charge < -0.3 is 20.6 Å². The monoisotopic (exact) mass is 507 g/mol. The zero-order valence-corrected chi connectivity index (χ0v) is 20.4. The smallest absolute Gasteiger partial charge is 0.338 e. The summed E-state index contributed by atoms with van der Waals surface area (Å²) in [6, 6.07) is 14.1. The first-order valence-electron chi connectivity index (χ1n) is 11.9. The molecule has 37 heavy (non-hydrogen) atoms. The summed E-state index contributed by atoms with van der Waals surface area (Å²) >= 11 is 0. The largest absolute Gasteiger partial charge is 0.478 e. The van der Waals surface area contributed by atoms with E-state index < -0.39 is 29.2 Å². The molecule has 9 heteroatoms. The molecule has 4 rings (SSSR count). The Bertz CT molecular complexity index is 1320. The molecule has 1 aliphatic heterocycles. The molecule has 0 aromatic heterocycles. The molecule has 192 valence electrons. The lowest BCUT2D eigenvalue weighted by atomic mass is 10.0. The Morgan fingerprint density at radius 3 is 2.16 bits per heavy atom. The number of nitrogens with one attached hydrogen (secondary N) is 2. The lowest BCUT2D eigenvalue weighted by Crippen LogP contribution is -2.45. The highest BCUT2D eigenvalue weighted by molar-refractivity contribution is 5.99. The van der Waals surface area contributed by atoms with Crippen LogP contribution < -0.4 is 10.6 Å². The second-order valence-corrected chi connectivity index (χ2v) is 9.24. The predicted molar refractivity (Wildman–Crippen MR) is 137 cm³/mol. The third kappa shape index (κ3) is 5.77. The van der Waals surface area contributed by atoms with E-state index in [2.05, 4.69) is 24.5 Å². The normalized spacial score (nSPS) is 15.1. The first-order valence-corrected chi connectivity index (χ1v) is 11.9. The molecule has 0 bridgehead atoms. The minimum absolute atomic E-state index is 0.0968. The van der Waals surface area contributed by atoms with Crippen molar-refractivity contribution in [2.45, 2.75) is 38.6 Å². The van der Waals surface area contributed by atoms with E-state index in [1.807, 2.05) is 24.3 Å². The van der Waals surface area contributed by atoms with Gasteiger partial charge in [0.1, 0.15) is 17.7 Å². The molecule has 3 aromatic carbocycles. The van der Waals surface area contributed by atoms with Gasteiger partial charge in [-0.05, 0) is 66.3 Å². The average Bonchev–Trinajstić information content (AvgIpc) is 3.36. The number of nitrogens with zero attached hydrogens (tertiary/aromatic N) is 1. The number of aromatic carboxylic acids is 1. The van der Waals surface area contributed by atoms with Gasteiger partial charge in [0.25, 0.3) is 0 Å². The standard InChI is InChI=1S/C28H27F2N3O4/c1-16(2)17-5-9-20(10-6-17)32-28(37)33-13-3-4-25(33)26(34)31-19-11-7-18(8-12-19)21-14-24(30)22(27(35)36)15-23(21)29/h5-12,14-16,25H,3-4,13H2,1-2H3,(H,31,34)(H,32,37)(H,35,36)/t25-/m1/s1. The van der Waals surface area contributed by atoms with E-state index in [4.69, 9.17) is 5.11 Å². The van der Waals surface area contributed by atoms with Gasteiger partial charge in [0.15, 0.2) is 0 Å². The number of carbonyl (C=O) groups excluding carboxylic acids is 2. The summed E-state index contributed by atoms with van der Waals surface area (Å²) in [4.78, 5) is 38.3. The summed E-state index contributed by atoms with van der Waals surface area (Å²) in [6.07, 6.45) is 1.21. The van der Waals surface area contributed by atoms with Crippen molar-refractivity contribution >= 4 is 29.3 Å². The maximum atomic E-state index is 14.4. The van der Waals surface area contributed by atoms with E-state index in [1.54, 1.807) is 0 Å². The fourth-order valence-corrected chi connectivity index (χ4v) is 4.32. The Hall–Kier alpha value is -4.27. The van der Waals surface area contributed by atoms with Gasteiger partial charge in [-0.15, -0.1) is 0 Å². The highest BCUT2D eigenvalue weighted by atomic mass is 19.1. The molecule has 0 unspecified atom stereocenters. The SMILES string of the molecule is CC(C)c1ccc(NC(=O)N2CCC[C@@H]2C(=O)Nc2ccc(-c3cc(F)c(C(=O)O)cc3F)cc2)cc1. The summed E-state index contributed by atoms with van der Waals surface area (Å²) < 4.78 is 28.4. The van der Waals surface area contributed by atoms with Gasteiger partial charge >= 0.3 is 12.0 Å². The first-order chi connectivity index (χ1) is 17.6. The van der Waals surface area contributed by atoms with Crippen molar-refractivity contribution < 1.29 is 28.3 Å². The minimum Gasteiger partial charge on any atom is -0.478 e. The van der Waals surface area contributed by atoms with Crippen LogP contribution in [0.1, 0.15) is 48.5 Å². The third-order valence-corrected chi connectivity index (χ3v) is 6.40. The van der Waals surface area contributed by atoms with Crippen molar-refractivity contribution in [3.05, 3.63) is 83.4 Å². The van der Waals surface area contributed by atoms with Crippen LogP contribution >= 0.6 is 0 Å². The van der Waals surface area contributed by atoms with Gasteiger partial charge in [-0.25, -0.2) is 18.4 Å². The summed E-state index contributed by atoms with van der Waals surface area (Å²) in [6.45, 7) is 4.63. The molecule has 3 amide bonds. The van der Waals surface area contributed by atoms with Crippen LogP contribution in [0.5, 0.6) is 0 Å². The summed E-state index contributed by atoms with van der Waals surface area (Å²) in [7, 11) is 0. The zero-order chi connectivity index (χ0) is 26.7. The van der Waals surface area contributed by atoms with Crippen LogP contribution in [-0.4, -0.2) is 40.5 Å². The Morgan fingerprint density at radius 2 is 1.54 bits per heavy atom. The molecule has 3 N–H and O–H groups in total. The molecular formula is C28H27F2N3O4. The van der Waals surface area contributed by atoms with Crippen LogP contribution in [0, 0.1) is 11.6 Å². The van der Waals surface area contributed by atoms with Crippen molar-refractivity contribution in [3.8, 4) is 11.1 Å². The Kier molecular flexibility index (Phi) is 7.52. The fraction of sp³-hybridized carbons (Fsp3) is 0.250. The summed E-state index contributed by atoms with van der Waals surface area (Å²) in [5, 5.41) is 14.6. The number of rotatable bonds is 6. The molecular weight excluding hydrogens is 480 g/mol. The maximum absolute atomic E-state index is 14.4. The predicted octanol–water partition coefficient (Wildman–Crippen LogP) is 6.09. The quantitative estimate of drug-likeness (QED) is 0.376. The molecule has 1 heterocycles. The Balaban J connectivity index is 1.41. The number of likely N-dealkylation sites (tertiary alicyclic amines) is 1. The fourth-order valence-electron chi connectivity index (χ4n) is 4.32. The number of amides is 3. The molecule has 7 nitrogen and oxygen atoms in total. The lowest BCUT2D eigenvalue weighted by Gasteiger charge is -2.24. The number of benzene rings is 3. The average molecular weight is 508 g/mol. The molecule has 1 saturated heterocycles. The van der Waals surface area contributed by atoms with E-state index >= 15 is 0 Å². The topological polar surface area (TPSA) is 98.7 Å². The van der Waals surface area contributed by atoms with Gasteiger partial charge in [-0.3, -0.25) is 4.79 Å². The lowest BCUT2D eigenvalue weighted by molar-refractivity contribution is -0.119. The second-order valence-electron chi connectivity index (χ2n) is 9.24. The third-order valence-electron chi connectivity index (χ3n) is 6.40. The highest BCUT2D eigenvalue weighted by Gasteiger charge is 2.34. The number of carbonyl (C=O) groups is 3. The first kappa shape index (κ1) is 25.8. The number of hydrogen-bond donors (Lipinski definition) is 3. The molecule has 1 aliphatic rings. The van der Waals surface area contributed by atoms with Crippen molar-refractivity contribution in [1.82, 2.24) is 4.90 Å². The number of hydrogen-bond acceptors (Lipinski definition) is 3. The van der Waals surface area contributed by atoms with E-state index in [1.165, 1.54) is 29.2 Å². The number of urea groups is 1. The highest BCUT2D eigenvalue weighted by Crippen LogP contribution is 2.28. The van der Waals surface area contributed by atoms with Crippen molar-refractivity contribution in [2.75, 3.05) is 17.2 Å². The molecule has 1 atom stereocenters. The molecule has 0 saturated carbocycles.